The summed E-state index contributed by atoms with van der Waals surface area (Å²) < 4.78 is 40.3. The van der Waals surface area contributed by atoms with Gasteiger partial charge in [0.15, 0.2) is 4.80 Å². The summed E-state index contributed by atoms with van der Waals surface area (Å²) in [7, 11) is -3.81. The number of carbonyl (C=O) groups is 3. The van der Waals surface area contributed by atoms with Crippen LogP contribution in [0, 0.1) is 0 Å². The number of nitrogens with zero attached hydrogens (tertiary/aromatic N) is 3. The van der Waals surface area contributed by atoms with E-state index < -0.39 is 27.9 Å². The van der Waals surface area contributed by atoms with E-state index >= 15 is 0 Å². The minimum absolute atomic E-state index is 0.0579. The number of carbonyl (C=O) groups excluding carboxylic acids is 3. The van der Waals surface area contributed by atoms with E-state index in [1.807, 2.05) is 30.3 Å². The fraction of sp³-hybridized carbons (Fsp3) is 0.267. The number of ether oxygens (including phenoxy) is 2. The summed E-state index contributed by atoms with van der Waals surface area (Å²) in [6.07, 6.45) is 0. The Bertz CT molecular complexity index is 1760. The molecule has 0 atom stereocenters. The van der Waals surface area contributed by atoms with E-state index in [1.54, 1.807) is 43.5 Å². The fourth-order valence-electron chi connectivity index (χ4n) is 4.21. The average molecular weight is 610 g/mol. The van der Waals surface area contributed by atoms with Gasteiger partial charge in [-0.3, -0.25) is 9.59 Å². The molecular formula is C30H31N3O7S2. The molecule has 1 aromatic heterocycles. The number of hydrogen-bond donors (Lipinski definition) is 0. The van der Waals surface area contributed by atoms with E-state index in [1.165, 1.54) is 28.6 Å². The van der Waals surface area contributed by atoms with Crippen molar-refractivity contribution in [1.29, 1.82) is 0 Å². The van der Waals surface area contributed by atoms with Crippen molar-refractivity contribution in [2.45, 2.75) is 38.8 Å². The van der Waals surface area contributed by atoms with E-state index in [2.05, 4.69) is 4.99 Å². The molecule has 4 rings (SSSR count). The van der Waals surface area contributed by atoms with E-state index in [9.17, 15) is 22.8 Å². The Kier molecular flexibility index (Phi) is 10.0. The first-order valence-electron chi connectivity index (χ1n) is 13.4. The van der Waals surface area contributed by atoms with Crippen LogP contribution in [0.3, 0.4) is 0 Å². The molecule has 0 saturated carbocycles. The van der Waals surface area contributed by atoms with Crippen molar-refractivity contribution in [2.24, 2.45) is 4.99 Å². The van der Waals surface area contributed by atoms with E-state index in [0.29, 0.717) is 15.8 Å². The van der Waals surface area contributed by atoms with Gasteiger partial charge in [-0.05, 0) is 61.9 Å². The predicted octanol–water partition coefficient (Wildman–Crippen LogP) is 4.39. The number of amides is 1. The van der Waals surface area contributed by atoms with Crippen LogP contribution in [-0.2, 0) is 37.4 Å². The second kappa shape index (κ2) is 13.7. The van der Waals surface area contributed by atoms with Gasteiger partial charge < -0.3 is 14.0 Å². The number of esters is 2. The summed E-state index contributed by atoms with van der Waals surface area (Å²) in [5.41, 5.74) is 1.96. The predicted molar refractivity (Wildman–Crippen MR) is 158 cm³/mol. The zero-order valence-electron chi connectivity index (χ0n) is 23.5. The molecule has 0 saturated heterocycles. The Morgan fingerprint density at radius 3 is 2.19 bits per heavy atom. The summed E-state index contributed by atoms with van der Waals surface area (Å²) in [6, 6.07) is 19.8. The van der Waals surface area contributed by atoms with Gasteiger partial charge in [-0.25, -0.2) is 13.2 Å². The molecule has 0 N–H and O–H groups in total. The average Bonchev–Trinajstić information content (AvgIpc) is 3.32. The molecule has 0 spiro atoms. The maximum atomic E-state index is 13.3. The van der Waals surface area contributed by atoms with Crippen molar-refractivity contribution in [3.63, 3.8) is 0 Å². The van der Waals surface area contributed by atoms with Crippen LogP contribution in [0.2, 0.25) is 0 Å². The molecule has 12 heteroatoms. The van der Waals surface area contributed by atoms with E-state index in [4.69, 9.17) is 9.47 Å². The number of hydrogen-bond acceptors (Lipinski definition) is 8. The lowest BCUT2D eigenvalue weighted by atomic mass is 10.2. The van der Waals surface area contributed by atoms with Gasteiger partial charge in [0.05, 0.1) is 33.9 Å². The van der Waals surface area contributed by atoms with Crippen LogP contribution in [0.25, 0.3) is 10.2 Å². The van der Waals surface area contributed by atoms with Crippen molar-refractivity contribution < 1.29 is 32.3 Å². The molecule has 0 aliphatic rings. The van der Waals surface area contributed by atoms with Crippen molar-refractivity contribution in [2.75, 3.05) is 19.8 Å². The van der Waals surface area contributed by atoms with Crippen LogP contribution in [0.4, 0.5) is 0 Å². The number of rotatable bonds is 11. The zero-order chi connectivity index (χ0) is 30.3. The van der Waals surface area contributed by atoms with Crippen molar-refractivity contribution in [3.05, 3.63) is 94.3 Å². The Morgan fingerprint density at radius 1 is 0.881 bits per heavy atom. The third kappa shape index (κ3) is 7.01. The van der Waals surface area contributed by atoms with E-state index in [0.717, 1.165) is 16.9 Å². The number of benzene rings is 3. The Hall–Kier alpha value is -4.13. The summed E-state index contributed by atoms with van der Waals surface area (Å²) in [5, 5.41) is 0. The molecule has 0 unspecified atom stereocenters. The minimum atomic E-state index is -3.81. The molecule has 10 nitrogen and oxygen atoms in total. The molecular weight excluding hydrogens is 578 g/mol. The highest BCUT2D eigenvalue weighted by Crippen LogP contribution is 2.22. The van der Waals surface area contributed by atoms with Gasteiger partial charge in [0.25, 0.3) is 5.91 Å². The third-order valence-electron chi connectivity index (χ3n) is 6.28. The molecule has 220 valence electrons. The molecule has 4 aromatic rings. The second-order valence-electron chi connectivity index (χ2n) is 9.04. The quantitative estimate of drug-likeness (QED) is 0.231. The number of fused-ring (bicyclic) bond motifs is 1. The van der Waals surface area contributed by atoms with Crippen LogP contribution in [0.15, 0.2) is 82.7 Å². The Morgan fingerprint density at radius 2 is 1.55 bits per heavy atom. The topological polar surface area (TPSA) is 124 Å². The second-order valence-corrected chi connectivity index (χ2v) is 12.0. The summed E-state index contributed by atoms with van der Waals surface area (Å²) in [4.78, 5) is 42.3. The zero-order valence-corrected chi connectivity index (χ0v) is 25.1. The SMILES string of the molecule is CCOC(=O)Cn1c(=NC(=O)c2ccc(S(=O)(=O)N(CC)Cc3ccccc3)cc2)sc2cc(C(=O)OCC)ccc21. The Labute approximate surface area is 247 Å². The standard InChI is InChI=1S/C30H31N3O7S2/c1-4-32(19-21-10-8-7-9-11-21)42(37,38)24-15-12-22(13-16-24)28(35)31-30-33(20-27(34)39-5-2)25-17-14-23(18-26(25)41-30)29(36)40-6-3/h7-18H,4-6,19-20H2,1-3H3. The van der Waals surface area contributed by atoms with Gasteiger partial charge >= 0.3 is 11.9 Å². The van der Waals surface area contributed by atoms with Gasteiger partial charge in [0, 0.05) is 18.7 Å². The molecule has 0 fully saturated rings. The van der Waals surface area contributed by atoms with Gasteiger partial charge in [-0.15, -0.1) is 0 Å². The first-order valence-corrected chi connectivity index (χ1v) is 15.6. The van der Waals surface area contributed by atoms with Crippen LogP contribution in [0.5, 0.6) is 0 Å². The lowest BCUT2D eigenvalue weighted by molar-refractivity contribution is -0.143. The maximum Gasteiger partial charge on any atom is 0.338 e. The molecule has 1 heterocycles. The molecule has 0 bridgehead atoms. The lowest BCUT2D eigenvalue weighted by Crippen LogP contribution is -2.30. The van der Waals surface area contributed by atoms with Crippen LogP contribution >= 0.6 is 11.3 Å². The molecule has 3 aromatic carbocycles. The molecule has 1 amide bonds. The number of sulfonamides is 1. The fourth-order valence-corrected chi connectivity index (χ4v) is 6.72. The molecule has 0 aliphatic carbocycles. The van der Waals surface area contributed by atoms with Crippen molar-refractivity contribution in [1.82, 2.24) is 8.87 Å². The molecule has 42 heavy (non-hydrogen) atoms. The van der Waals surface area contributed by atoms with Gasteiger partial charge in [0.2, 0.25) is 10.0 Å². The summed E-state index contributed by atoms with van der Waals surface area (Å²) in [5.74, 6) is -1.61. The van der Waals surface area contributed by atoms with Gasteiger partial charge in [0.1, 0.15) is 6.54 Å². The summed E-state index contributed by atoms with van der Waals surface area (Å²) in [6.45, 7) is 5.90. The van der Waals surface area contributed by atoms with Crippen LogP contribution in [0.1, 0.15) is 47.1 Å². The largest absolute Gasteiger partial charge is 0.465 e. The van der Waals surface area contributed by atoms with E-state index in [-0.39, 0.29) is 48.1 Å². The lowest BCUT2D eigenvalue weighted by Gasteiger charge is -2.20. The van der Waals surface area contributed by atoms with Gasteiger partial charge in [-0.2, -0.15) is 9.30 Å². The highest BCUT2D eigenvalue weighted by molar-refractivity contribution is 7.89. The highest BCUT2D eigenvalue weighted by Gasteiger charge is 2.24. The third-order valence-corrected chi connectivity index (χ3v) is 9.25. The Balaban J connectivity index is 1.66. The van der Waals surface area contributed by atoms with Gasteiger partial charge in [-0.1, -0.05) is 48.6 Å². The van der Waals surface area contributed by atoms with Crippen molar-refractivity contribution in [3.8, 4) is 0 Å². The summed E-state index contributed by atoms with van der Waals surface area (Å²) >= 11 is 1.13. The first-order chi connectivity index (χ1) is 20.2. The monoisotopic (exact) mass is 609 g/mol. The molecule has 0 aliphatic heterocycles. The minimum Gasteiger partial charge on any atom is -0.465 e. The highest BCUT2D eigenvalue weighted by atomic mass is 32.2. The number of aromatic nitrogens is 1. The normalized spacial score (nSPS) is 12.0. The van der Waals surface area contributed by atoms with Crippen LogP contribution < -0.4 is 4.80 Å². The smallest absolute Gasteiger partial charge is 0.338 e. The van der Waals surface area contributed by atoms with Crippen molar-refractivity contribution >= 4 is 49.4 Å². The van der Waals surface area contributed by atoms with Crippen LogP contribution in [-0.4, -0.2) is 54.9 Å². The first kappa shape index (κ1) is 30.8. The maximum absolute atomic E-state index is 13.3. The molecule has 0 radical (unpaired) electrons. The number of thiazole rings is 1.